The monoisotopic (exact) mass is 250 g/mol. The minimum absolute atomic E-state index is 0.110. The molecule has 0 bridgehead atoms. The van der Waals surface area contributed by atoms with E-state index in [1.165, 1.54) is 0 Å². The average molecular weight is 250 g/mol. The van der Waals surface area contributed by atoms with E-state index in [9.17, 15) is 9.59 Å². The molecule has 0 fully saturated rings. The van der Waals surface area contributed by atoms with E-state index in [1.54, 1.807) is 25.3 Å². The molecule has 0 saturated heterocycles. The van der Waals surface area contributed by atoms with Crippen LogP contribution in [0.4, 0.5) is 5.69 Å². The molecule has 0 aliphatic heterocycles. The molecular weight excluding hydrogens is 232 g/mol. The fraction of sp³-hybridized carbons (Fsp3) is 0.417. The highest BCUT2D eigenvalue weighted by Gasteiger charge is 2.12. The summed E-state index contributed by atoms with van der Waals surface area (Å²) in [6, 6.07) is 3.14. The Morgan fingerprint density at radius 3 is 2.83 bits per heavy atom. The largest absolute Gasteiger partial charge is 0.385 e. The van der Waals surface area contributed by atoms with E-state index in [0.717, 1.165) is 12.2 Å². The van der Waals surface area contributed by atoms with E-state index in [-0.39, 0.29) is 18.4 Å². The van der Waals surface area contributed by atoms with Gasteiger partial charge in [-0.3, -0.25) is 14.6 Å². The van der Waals surface area contributed by atoms with Gasteiger partial charge in [-0.15, -0.1) is 0 Å². The molecule has 18 heavy (non-hydrogen) atoms. The van der Waals surface area contributed by atoms with Crippen molar-refractivity contribution in [2.45, 2.75) is 26.3 Å². The molecule has 0 aliphatic rings. The Hall–Kier alpha value is -2.11. The molecule has 0 spiro atoms. The van der Waals surface area contributed by atoms with Crippen LogP contribution in [0.2, 0.25) is 0 Å². The first-order chi connectivity index (χ1) is 8.52. The Labute approximate surface area is 106 Å². The average Bonchev–Trinajstić information content (AvgIpc) is 2.28. The molecule has 1 heterocycles. The third kappa shape index (κ3) is 4.40. The van der Waals surface area contributed by atoms with Crippen LogP contribution in [0.5, 0.6) is 0 Å². The van der Waals surface area contributed by atoms with Gasteiger partial charge >= 0.3 is 0 Å². The van der Waals surface area contributed by atoms with Gasteiger partial charge in [0.15, 0.2) is 0 Å². The highest BCUT2D eigenvalue weighted by atomic mass is 16.2. The maximum absolute atomic E-state index is 11.8. The first-order valence-electron chi connectivity index (χ1n) is 5.82. The fourth-order valence-electron chi connectivity index (χ4n) is 1.52. The molecule has 0 radical (unpaired) electrons. The number of hydrogen-bond acceptors (Lipinski definition) is 4. The Kier molecular flexibility index (Phi) is 5.10. The Bertz CT molecular complexity index is 434. The Balaban J connectivity index is 2.66. The third-order valence-corrected chi connectivity index (χ3v) is 2.26. The molecular formula is C12H18N4O2. The van der Waals surface area contributed by atoms with Crippen LogP contribution in [-0.2, 0) is 4.79 Å². The molecule has 4 N–H and O–H groups in total. The van der Waals surface area contributed by atoms with Crippen molar-refractivity contribution in [3.8, 4) is 0 Å². The molecule has 1 aromatic rings. The van der Waals surface area contributed by atoms with Crippen molar-refractivity contribution >= 4 is 17.5 Å². The number of hydrogen-bond donors (Lipinski definition) is 3. The fourth-order valence-corrected chi connectivity index (χ4v) is 1.52. The summed E-state index contributed by atoms with van der Waals surface area (Å²) >= 11 is 0. The Morgan fingerprint density at radius 2 is 2.22 bits per heavy atom. The van der Waals surface area contributed by atoms with Crippen LogP contribution >= 0.6 is 0 Å². The van der Waals surface area contributed by atoms with Crippen molar-refractivity contribution in [1.82, 2.24) is 10.3 Å². The van der Waals surface area contributed by atoms with E-state index in [4.69, 9.17) is 5.73 Å². The van der Waals surface area contributed by atoms with Crippen molar-refractivity contribution in [2.75, 3.05) is 11.9 Å². The van der Waals surface area contributed by atoms with E-state index in [1.807, 2.05) is 6.92 Å². The lowest BCUT2D eigenvalue weighted by molar-refractivity contribution is -0.118. The normalized spacial score (nSPS) is 11.7. The van der Waals surface area contributed by atoms with Crippen molar-refractivity contribution in [3.05, 3.63) is 24.0 Å². The quantitative estimate of drug-likeness (QED) is 0.685. The number of carbonyl (C=O) groups excluding carboxylic acids is 2. The van der Waals surface area contributed by atoms with Crippen molar-refractivity contribution in [3.63, 3.8) is 0 Å². The van der Waals surface area contributed by atoms with Gasteiger partial charge in [-0.2, -0.15) is 0 Å². The van der Waals surface area contributed by atoms with Gasteiger partial charge in [0.2, 0.25) is 5.91 Å². The molecule has 98 valence electrons. The number of nitrogens with two attached hydrogens (primary N) is 1. The van der Waals surface area contributed by atoms with Crippen LogP contribution in [0.15, 0.2) is 18.3 Å². The predicted molar refractivity (Wildman–Crippen MR) is 69.1 cm³/mol. The SMILES string of the molecule is CCNc1ccnc(C(=O)NC(C)CC(N)=O)c1. The zero-order chi connectivity index (χ0) is 13.5. The third-order valence-electron chi connectivity index (χ3n) is 2.26. The topological polar surface area (TPSA) is 97.1 Å². The number of amides is 2. The summed E-state index contributed by atoms with van der Waals surface area (Å²) in [6.07, 6.45) is 1.67. The van der Waals surface area contributed by atoms with Gasteiger partial charge in [0, 0.05) is 30.9 Å². The number of anilines is 1. The second-order valence-corrected chi connectivity index (χ2v) is 4.01. The second kappa shape index (κ2) is 6.58. The van der Waals surface area contributed by atoms with Crippen molar-refractivity contribution in [2.24, 2.45) is 5.73 Å². The summed E-state index contributed by atoms with van der Waals surface area (Å²) in [5, 5.41) is 5.76. The lowest BCUT2D eigenvalue weighted by Crippen LogP contribution is -2.36. The van der Waals surface area contributed by atoms with E-state index >= 15 is 0 Å². The molecule has 6 nitrogen and oxygen atoms in total. The number of carbonyl (C=O) groups is 2. The minimum Gasteiger partial charge on any atom is -0.385 e. The van der Waals surface area contributed by atoms with Crippen LogP contribution in [-0.4, -0.2) is 29.4 Å². The number of nitrogens with one attached hydrogen (secondary N) is 2. The summed E-state index contributed by atoms with van der Waals surface area (Å²) < 4.78 is 0. The second-order valence-electron chi connectivity index (χ2n) is 4.01. The van der Waals surface area contributed by atoms with Gasteiger partial charge in [0.1, 0.15) is 5.69 Å². The number of aromatic nitrogens is 1. The standard InChI is InChI=1S/C12H18N4O2/c1-3-14-9-4-5-15-10(7-9)12(18)16-8(2)6-11(13)17/h4-5,7-8H,3,6H2,1-2H3,(H2,13,17)(H,14,15)(H,16,18). The summed E-state index contributed by atoms with van der Waals surface area (Å²) in [6.45, 7) is 4.45. The molecule has 1 atom stereocenters. The first-order valence-corrected chi connectivity index (χ1v) is 5.82. The lowest BCUT2D eigenvalue weighted by atomic mass is 10.2. The number of pyridine rings is 1. The number of rotatable bonds is 6. The molecule has 0 aliphatic carbocycles. The summed E-state index contributed by atoms with van der Waals surface area (Å²) in [5.74, 6) is -0.763. The zero-order valence-corrected chi connectivity index (χ0v) is 10.6. The zero-order valence-electron chi connectivity index (χ0n) is 10.6. The summed E-state index contributed by atoms with van der Waals surface area (Å²) in [4.78, 5) is 26.5. The lowest BCUT2D eigenvalue weighted by Gasteiger charge is -2.12. The van der Waals surface area contributed by atoms with Gasteiger partial charge in [-0.25, -0.2) is 0 Å². The van der Waals surface area contributed by atoms with Gasteiger partial charge in [0.25, 0.3) is 5.91 Å². The first kappa shape index (κ1) is 14.0. The van der Waals surface area contributed by atoms with Gasteiger partial charge in [0.05, 0.1) is 0 Å². The van der Waals surface area contributed by atoms with Crippen molar-refractivity contribution in [1.29, 1.82) is 0 Å². The maximum Gasteiger partial charge on any atom is 0.270 e. The van der Waals surface area contributed by atoms with E-state index in [0.29, 0.717) is 5.69 Å². The molecule has 0 aromatic carbocycles. The molecule has 2 amide bonds. The van der Waals surface area contributed by atoms with Gasteiger partial charge in [-0.1, -0.05) is 0 Å². The molecule has 1 rings (SSSR count). The van der Waals surface area contributed by atoms with Crippen molar-refractivity contribution < 1.29 is 9.59 Å². The molecule has 1 aromatic heterocycles. The predicted octanol–water partition coefficient (Wildman–Crippen LogP) is 0.507. The van der Waals surface area contributed by atoms with Crippen LogP contribution in [0.25, 0.3) is 0 Å². The number of nitrogens with zero attached hydrogens (tertiary/aromatic N) is 1. The minimum atomic E-state index is -0.447. The van der Waals surface area contributed by atoms with E-state index < -0.39 is 5.91 Å². The summed E-state index contributed by atoms with van der Waals surface area (Å²) in [5.41, 5.74) is 6.20. The number of primary amides is 1. The van der Waals surface area contributed by atoms with Crippen LogP contribution in [0.3, 0.4) is 0 Å². The van der Waals surface area contributed by atoms with Crippen LogP contribution in [0, 0.1) is 0 Å². The van der Waals surface area contributed by atoms with E-state index in [2.05, 4.69) is 15.6 Å². The molecule has 1 unspecified atom stereocenters. The molecule has 6 heteroatoms. The maximum atomic E-state index is 11.8. The summed E-state index contributed by atoms with van der Waals surface area (Å²) in [7, 11) is 0. The smallest absolute Gasteiger partial charge is 0.270 e. The van der Waals surface area contributed by atoms with Crippen LogP contribution < -0.4 is 16.4 Å². The highest BCUT2D eigenvalue weighted by Crippen LogP contribution is 2.07. The highest BCUT2D eigenvalue weighted by molar-refractivity contribution is 5.93. The molecule has 0 saturated carbocycles. The van der Waals surface area contributed by atoms with Gasteiger partial charge < -0.3 is 16.4 Å². The van der Waals surface area contributed by atoms with Crippen LogP contribution in [0.1, 0.15) is 30.8 Å². The van der Waals surface area contributed by atoms with Gasteiger partial charge in [-0.05, 0) is 26.0 Å². The Morgan fingerprint density at radius 1 is 1.50 bits per heavy atom.